The average Bonchev–Trinajstić information content (AvgIpc) is 2.27. The highest BCUT2D eigenvalue weighted by Gasteiger charge is 2.07. The topological polar surface area (TPSA) is 46.2 Å². The lowest BCUT2D eigenvalue weighted by atomic mass is 9.94. The molecule has 1 aromatic rings. The van der Waals surface area contributed by atoms with Crippen molar-refractivity contribution in [1.82, 2.24) is 0 Å². The number of rotatable bonds is 6. The van der Waals surface area contributed by atoms with Crippen molar-refractivity contribution in [3.8, 4) is 0 Å². The third-order valence-corrected chi connectivity index (χ3v) is 2.92. The maximum Gasteiger partial charge on any atom is 0.0515 e. The molecule has 0 radical (unpaired) electrons. The highest BCUT2D eigenvalue weighted by molar-refractivity contribution is 5.27. The second kappa shape index (κ2) is 6.66. The average molecular weight is 221 g/mol. The molecule has 2 atom stereocenters. The van der Waals surface area contributed by atoms with Crippen molar-refractivity contribution in [2.45, 2.75) is 39.2 Å². The molecule has 0 aliphatic heterocycles. The minimum absolute atomic E-state index is 0.222. The van der Waals surface area contributed by atoms with Crippen LogP contribution in [0.15, 0.2) is 24.3 Å². The van der Waals surface area contributed by atoms with Crippen LogP contribution < -0.4 is 5.73 Å². The second-order valence-electron chi connectivity index (χ2n) is 4.70. The van der Waals surface area contributed by atoms with Crippen molar-refractivity contribution < 1.29 is 5.11 Å². The number of aryl methyl sites for hydroxylation is 1. The Balaban J connectivity index is 2.67. The van der Waals surface area contributed by atoms with E-state index in [1.54, 1.807) is 0 Å². The van der Waals surface area contributed by atoms with E-state index in [1.165, 1.54) is 11.1 Å². The highest BCUT2D eigenvalue weighted by atomic mass is 16.3. The fourth-order valence-corrected chi connectivity index (χ4v) is 1.82. The molecule has 0 saturated heterocycles. The SMILES string of the molecule is C[C@H](CN)Cc1ccccc1CC[C@@H](C)O. The Morgan fingerprint density at radius 2 is 1.81 bits per heavy atom. The summed E-state index contributed by atoms with van der Waals surface area (Å²) < 4.78 is 0. The summed E-state index contributed by atoms with van der Waals surface area (Å²) in [6.45, 7) is 4.74. The molecule has 0 saturated carbocycles. The van der Waals surface area contributed by atoms with E-state index in [1.807, 2.05) is 6.92 Å². The molecule has 0 amide bonds. The van der Waals surface area contributed by atoms with E-state index in [9.17, 15) is 5.11 Å². The Morgan fingerprint density at radius 3 is 2.38 bits per heavy atom. The molecule has 0 spiro atoms. The first kappa shape index (κ1) is 13.2. The van der Waals surface area contributed by atoms with Gasteiger partial charge in [-0.15, -0.1) is 0 Å². The number of hydrogen-bond donors (Lipinski definition) is 2. The lowest BCUT2D eigenvalue weighted by molar-refractivity contribution is 0.185. The molecule has 0 bridgehead atoms. The number of nitrogens with two attached hydrogens (primary N) is 1. The van der Waals surface area contributed by atoms with Crippen LogP contribution in [-0.4, -0.2) is 17.8 Å². The lowest BCUT2D eigenvalue weighted by Gasteiger charge is -2.13. The van der Waals surface area contributed by atoms with Crippen LogP contribution in [0.3, 0.4) is 0 Å². The highest BCUT2D eigenvalue weighted by Crippen LogP contribution is 2.16. The van der Waals surface area contributed by atoms with Gasteiger partial charge in [-0.1, -0.05) is 31.2 Å². The van der Waals surface area contributed by atoms with Crippen LogP contribution in [0.2, 0.25) is 0 Å². The molecule has 0 heterocycles. The largest absolute Gasteiger partial charge is 0.393 e. The van der Waals surface area contributed by atoms with E-state index in [0.29, 0.717) is 5.92 Å². The van der Waals surface area contributed by atoms with E-state index in [4.69, 9.17) is 5.73 Å². The van der Waals surface area contributed by atoms with Gasteiger partial charge in [0.05, 0.1) is 6.10 Å². The summed E-state index contributed by atoms with van der Waals surface area (Å²) >= 11 is 0. The molecule has 1 rings (SSSR count). The van der Waals surface area contributed by atoms with E-state index in [0.717, 1.165) is 25.8 Å². The fourth-order valence-electron chi connectivity index (χ4n) is 1.82. The minimum Gasteiger partial charge on any atom is -0.393 e. The van der Waals surface area contributed by atoms with Crippen molar-refractivity contribution in [1.29, 1.82) is 0 Å². The summed E-state index contributed by atoms with van der Waals surface area (Å²) in [6.07, 6.45) is 2.59. The summed E-state index contributed by atoms with van der Waals surface area (Å²) in [5, 5.41) is 9.31. The van der Waals surface area contributed by atoms with Gasteiger partial charge in [-0.05, 0) is 49.8 Å². The monoisotopic (exact) mass is 221 g/mol. The van der Waals surface area contributed by atoms with Crippen molar-refractivity contribution in [3.05, 3.63) is 35.4 Å². The molecule has 2 heteroatoms. The summed E-state index contributed by atoms with van der Waals surface area (Å²) in [6, 6.07) is 8.46. The van der Waals surface area contributed by atoms with Crippen LogP contribution in [-0.2, 0) is 12.8 Å². The molecule has 90 valence electrons. The molecule has 0 unspecified atom stereocenters. The van der Waals surface area contributed by atoms with E-state index >= 15 is 0 Å². The quantitative estimate of drug-likeness (QED) is 0.773. The molecular formula is C14H23NO. The fraction of sp³-hybridized carbons (Fsp3) is 0.571. The summed E-state index contributed by atoms with van der Waals surface area (Å²) in [5.41, 5.74) is 8.38. The standard InChI is InChI=1S/C14H23NO/c1-11(10-15)9-14-6-4-3-5-13(14)8-7-12(2)16/h3-6,11-12,16H,7-10,15H2,1-2H3/t11-,12+/m0/s1. The number of aliphatic hydroxyl groups is 1. The molecule has 0 fully saturated rings. The smallest absolute Gasteiger partial charge is 0.0515 e. The van der Waals surface area contributed by atoms with E-state index in [2.05, 4.69) is 31.2 Å². The first-order valence-electron chi connectivity index (χ1n) is 6.08. The van der Waals surface area contributed by atoms with Gasteiger partial charge in [0.1, 0.15) is 0 Å². The third-order valence-electron chi connectivity index (χ3n) is 2.92. The van der Waals surface area contributed by atoms with Crippen LogP contribution in [0, 0.1) is 5.92 Å². The van der Waals surface area contributed by atoms with Gasteiger partial charge in [-0.25, -0.2) is 0 Å². The van der Waals surface area contributed by atoms with Crippen LogP contribution in [0.25, 0.3) is 0 Å². The molecule has 1 aromatic carbocycles. The van der Waals surface area contributed by atoms with Crippen molar-refractivity contribution >= 4 is 0 Å². The van der Waals surface area contributed by atoms with Gasteiger partial charge < -0.3 is 10.8 Å². The molecular weight excluding hydrogens is 198 g/mol. The zero-order valence-corrected chi connectivity index (χ0v) is 10.3. The predicted molar refractivity (Wildman–Crippen MR) is 68.4 cm³/mol. The first-order chi connectivity index (χ1) is 7.63. The van der Waals surface area contributed by atoms with Crippen LogP contribution >= 0.6 is 0 Å². The summed E-state index contributed by atoms with van der Waals surface area (Å²) in [5.74, 6) is 0.521. The zero-order chi connectivity index (χ0) is 12.0. The summed E-state index contributed by atoms with van der Waals surface area (Å²) in [4.78, 5) is 0. The minimum atomic E-state index is -0.222. The van der Waals surface area contributed by atoms with Gasteiger partial charge >= 0.3 is 0 Å². The zero-order valence-electron chi connectivity index (χ0n) is 10.3. The first-order valence-corrected chi connectivity index (χ1v) is 6.08. The van der Waals surface area contributed by atoms with E-state index < -0.39 is 0 Å². The Morgan fingerprint density at radius 1 is 1.19 bits per heavy atom. The van der Waals surface area contributed by atoms with Gasteiger partial charge in [-0.2, -0.15) is 0 Å². The normalized spacial score (nSPS) is 14.8. The Hall–Kier alpha value is -0.860. The maximum absolute atomic E-state index is 9.31. The molecule has 16 heavy (non-hydrogen) atoms. The van der Waals surface area contributed by atoms with Crippen molar-refractivity contribution in [2.24, 2.45) is 11.7 Å². The van der Waals surface area contributed by atoms with Gasteiger partial charge in [0, 0.05) is 0 Å². The molecule has 0 aromatic heterocycles. The lowest BCUT2D eigenvalue weighted by Crippen LogP contribution is -2.14. The Kier molecular flexibility index (Phi) is 5.50. The number of aliphatic hydroxyl groups excluding tert-OH is 1. The van der Waals surface area contributed by atoms with Crippen molar-refractivity contribution in [2.75, 3.05) is 6.54 Å². The molecule has 0 aliphatic carbocycles. The predicted octanol–water partition coefficient (Wildman–Crippen LogP) is 2.14. The van der Waals surface area contributed by atoms with Gasteiger partial charge in [0.25, 0.3) is 0 Å². The van der Waals surface area contributed by atoms with Gasteiger partial charge in [-0.3, -0.25) is 0 Å². The Labute approximate surface area is 98.5 Å². The van der Waals surface area contributed by atoms with Crippen LogP contribution in [0.4, 0.5) is 0 Å². The van der Waals surface area contributed by atoms with Crippen LogP contribution in [0.5, 0.6) is 0 Å². The van der Waals surface area contributed by atoms with Gasteiger partial charge in [0.2, 0.25) is 0 Å². The number of hydrogen-bond acceptors (Lipinski definition) is 2. The maximum atomic E-state index is 9.31. The number of benzene rings is 1. The molecule has 0 aliphatic rings. The molecule has 3 N–H and O–H groups in total. The van der Waals surface area contributed by atoms with E-state index in [-0.39, 0.29) is 6.10 Å². The van der Waals surface area contributed by atoms with Crippen molar-refractivity contribution in [3.63, 3.8) is 0 Å². The van der Waals surface area contributed by atoms with Crippen LogP contribution in [0.1, 0.15) is 31.4 Å². The Bertz CT molecular complexity index is 309. The molecule has 2 nitrogen and oxygen atoms in total. The third kappa shape index (κ3) is 4.33. The summed E-state index contributed by atoms with van der Waals surface area (Å²) in [7, 11) is 0. The second-order valence-corrected chi connectivity index (χ2v) is 4.70. The van der Waals surface area contributed by atoms with Gasteiger partial charge in [0.15, 0.2) is 0 Å².